The molecule has 0 atom stereocenters. The molecule has 148 valence electrons. The number of piperidine rings is 1. The van der Waals surface area contributed by atoms with Crippen LogP contribution >= 0.6 is 0 Å². The highest BCUT2D eigenvalue weighted by Crippen LogP contribution is 2.30. The highest BCUT2D eigenvalue weighted by molar-refractivity contribution is 5.49. The summed E-state index contributed by atoms with van der Waals surface area (Å²) in [5, 5.41) is 16.5. The van der Waals surface area contributed by atoms with E-state index in [2.05, 4.69) is 40.3 Å². The lowest BCUT2D eigenvalue weighted by atomic mass is 9.97. The molecule has 29 heavy (non-hydrogen) atoms. The Morgan fingerprint density at radius 3 is 2.72 bits per heavy atom. The molecule has 0 saturated carbocycles. The topological polar surface area (TPSA) is 114 Å². The van der Waals surface area contributed by atoms with Crippen molar-refractivity contribution in [2.75, 3.05) is 37.0 Å². The molecule has 1 fully saturated rings. The van der Waals surface area contributed by atoms with Gasteiger partial charge in [0.15, 0.2) is 5.65 Å². The third-order valence-electron chi connectivity index (χ3n) is 5.08. The van der Waals surface area contributed by atoms with E-state index in [1.54, 1.807) is 23.2 Å². The van der Waals surface area contributed by atoms with Gasteiger partial charge in [-0.3, -0.25) is 0 Å². The van der Waals surface area contributed by atoms with Crippen molar-refractivity contribution < 1.29 is 4.52 Å². The van der Waals surface area contributed by atoms with Crippen molar-refractivity contribution in [2.24, 2.45) is 0 Å². The Hall–Kier alpha value is -3.63. The van der Waals surface area contributed by atoms with Gasteiger partial charge in [-0.05, 0) is 25.0 Å². The number of hydrogen-bond donors (Lipinski definition) is 0. The van der Waals surface area contributed by atoms with E-state index in [0.29, 0.717) is 17.4 Å². The molecule has 5 rings (SSSR count). The first-order chi connectivity index (χ1) is 14.2. The SMILES string of the molecule is CN(C)c1cnc(-c2noc(C3CCN(c4ccc5nncn5n4)CC3)n2)cn1. The van der Waals surface area contributed by atoms with E-state index < -0.39 is 0 Å². The molecule has 11 heteroatoms. The van der Waals surface area contributed by atoms with Crippen LogP contribution in [0.3, 0.4) is 0 Å². The van der Waals surface area contributed by atoms with Gasteiger partial charge in [-0.25, -0.2) is 9.97 Å². The standard InChI is InChI=1S/C18H20N10O/c1-26(2)16-10-19-13(9-20-16)17-22-18(29-25-17)12-5-7-27(8-6-12)15-4-3-14-23-21-11-28(14)24-15/h3-4,9-12H,5-8H2,1-2H3. The molecule has 11 nitrogen and oxygen atoms in total. The molecule has 5 heterocycles. The average molecular weight is 392 g/mol. The van der Waals surface area contributed by atoms with Crippen LogP contribution in [0.5, 0.6) is 0 Å². The third-order valence-corrected chi connectivity index (χ3v) is 5.08. The van der Waals surface area contributed by atoms with Crippen LogP contribution in [0.2, 0.25) is 0 Å². The highest BCUT2D eigenvalue weighted by atomic mass is 16.5. The van der Waals surface area contributed by atoms with Gasteiger partial charge in [-0.2, -0.15) is 9.50 Å². The molecule has 0 radical (unpaired) electrons. The predicted molar refractivity (Wildman–Crippen MR) is 105 cm³/mol. The summed E-state index contributed by atoms with van der Waals surface area (Å²) in [7, 11) is 3.84. The van der Waals surface area contributed by atoms with Crippen molar-refractivity contribution in [2.45, 2.75) is 18.8 Å². The van der Waals surface area contributed by atoms with Crippen LogP contribution < -0.4 is 9.80 Å². The van der Waals surface area contributed by atoms with E-state index >= 15 is 0 Å². The van der Waals surface area contributed by atoms with Crippen molar-refractivity contribution in [1.29, 1.82) is 0 Å². The van der Waals surface area contributed by atoms with Gasteiger partial charge >= 0.3 is 0 Å². The minimum atomic E-state index is 0.222. The first kappa shape index (κ1) is 17.5. The number of hydrogen-bond acceptors (Lipinski definition) is 10. The maximum Gasteiger partial charge on any atom is 0.230 e. The second-order valence-electron chi connectivity index (χ2n) is 7.20. The van der Waals surface area contributed by atoms with E-state index in [0.717, 1.165) is 43.2 Å². The van der Waals surface area contributed by atoms with E-state index in [4.69, 9.17) is 4.52 Å². The zero-order valence-electron chi connectivity index (χ0n) is 16.2. The van der Waals surface area contributed by atoms with E-state index in [9.17, 15) is 0 Å². The fourth-order valence-electron chi connectivity index (χ4n) is 3.42. The molecular formula is C18H20N10O. The molecule has 4 aromatic heterocycles. The summed E-state index contributed by atoms with van der Waals surface area (Å²) >= 11 is 0. The Kier molecular flexibility index (Phi) is 4.26. The lowest BCUT2D eigenvalue weighted by Crippen LogP contribution is -2.33. The minimum absolute atomic E-state index is 0.222. The monoisotopic (exact) mass is 392 g/mol. The minimum Gasteiger partial charge on any atom is -0.361 e. The summed E-state index contributed by atoms with van der Waals surface area (Å²) in [4.78, 5) is 17.4. The van der Waals surface area contributed by atoms with Gasteiger partial charge in [0.25, 0.3) is 0 Å². The molecule has 1 aliphatic rings. The van der Waals surface area contributed by atoms with Gasteiger partial charge in [-0.1, -0.05) is 5.16 Å². The van der Waals surface area contributed by atoms with Gasteiger partial charge in [-0.15, -0.1) is 15.3 Å². The van der Waals surface area contributed by atoms with Crippen LogP contribution in [0, 0.1) is 0 Å². The second kappa shape index (κ2) is 7.08. The molecule has 1 saturated heterocycles. The molecule has 0 spiro atoms. The molecule has 4 aromatic rings. The summed E-state index contributed by atoms with van der Waals surface area (Å²) < 4.78 is 7.22. The van der Waals surface area contributed by atoms with Crippen LogP contribution in [0.15, 0.2) is 35.4 Å². The van der Waals surface area contributed by atoms with E-state index in [1.165, 1.54) is 0 Å². The lowest BCUT2D eigenvalue weighted by molar-refractivity contribution is 0.329. The Morgan fingerprint density at radius 1 is 1.10 bits per heavy atom. The largest absolute Gasteiger partial charge is 0.361 e. The van der Waals surface area contributed by atoms with Crippen molar-refractivity contribution >= 4 is 17.3 Å². The number of rotatable bonds is 4. The van der Waals surface area contributed by atoms with Crippen LogP contribution in [-0.2, 0) is 0 Å². The molecular weight excluding hydrogens is 372 g/mol. The van der Waals surface area contributed by atoms with Crippen LogP contribution in [0.25, 0.3) is 17.2 Å². The molecule has 0 N–H and O–H groups in total. The highest BCUT2D eigenvalue weighted by Gasteiger charge is 2.26. The van der Waals surface area contributed by atoms with Crippen molar-refractivity contribution in [3.05, 3.63) is 36.7 Å². The van der Waals surface area contributed by atoms with Gasteiger partial charge in [0.1, 0.15) is 23.7 Å². The van der Waals surface area contributed by atoms with Crippen LogP contribution in [-0.4, -0.2) is 67.1 Å². The Morgan fingerprint density at radius 2 is 1.97 bits per heavy atom. The normalized spacial score (nSPS) is 15.2. The zero-order chi connectivity index (χ0) is 19.8. The number of fused-ring (bicyclic) bond motifs is 1. The van der Waals surface area contributed by atoms with Crippen molar-refractivity contribution in [3.8, 4) is 11.5 Å². The maximum atomic E-state index is 5.53. The van der Waals surface area contributed by atoms with Gasteiger partial charge in [0.2, 0.25) is 11.7 Å². The Balaban J connectivity index is 1.26. The third kappa shape index (κ3) is 3.35. The average Bonchev–Trinajstić information content (AvgIpc) is 3.43. The molecule has 0 amide bonds. The summed E-state index contributed by atoms with van der Waals surface area (Å²) in [6.45, 7) is 1.72. The first-order valence-corrected chi connectivity index (χ1v) is 9.43. The number of nitrogens with zero attached hydrogens (tertiary/aromatic N) is 10. The summed E-state index contributed by atoms with van der Waals surface area (Å²) in [6, 6.07) is 3.90. The summed E-state index contributed by atoms with van der Waals surface area (Å²) in [5.41, 5.74) is 1.35. The quantitative estimate of drug-likeness (QED) is 0.505. The first-order valence-electron chi connectivity index (χ1n) is 9.43. The molecule has 1 aliphatic heterocycles. The van der Waals surface area contributed by atoms with Gasteiger partial charge < -0.3 is 14.3 Å². The second-order valence-corrected chi connectivity index (χ2v) is 7.20. The summed E-state index contributed by atoms with van der Waals surface area (Å²) in [6.07, 6.45) is 6.80. The van der Waals surface area contributed by atoms with Crippen LogP contribution in [0.4, 0.5) is 11.6 Å². The van der Waals surface area contributed by atoms with E-state index in [1.807, 2.05) is 31.1 Å². The van der Waals surface area contributed by atoms with Crippen molar-refractivity contribution in [1.82, 2.24) is 39.9 Å². The fourth-order valence-corrected chi connectivity index (χ4v) is 3.42. The molecule has 0 bridgehead atoms. The van der Waals surface area contributed by atoms with Crippen molar-refractivity contribution in [3.63, 3.8) is 0 Å². The molecule has 0 aliphatic carbocycles. The Bertz CT molecular complexity index is 1110. The van der Waals surface area contributed by atoms with E-state index in [-0.39, 0.29) is 5.92 Å². The van der Waals surface area contributed by atoms with Crippen LogP contribution in [0.1, 0.15) is 24.7 Å². The van der Waals surface area contributed by atoms with Gasteiger partial charge in [0, 0.05) is 33.1 Å². The lowest BCUT2D eigenvalue weighted by Gasteiger charge is -2.31. The number of anilines is 2. The number of aromatic nitrogens is 8. The summed E-state index contributed by atoms with van der Waals surface area (Å²) in [5.74, 6) is 3.04. The predicted octanol–water partition coefficient (Wildman–Crippen LogP) is 1.41. The molecule has 0 unspecified atom stereocenters. The maximum absolute atomic E-state index is 5.53. The molecule has 0 aromatic carbocycles. The zero-order valence-corrected chi connectivity index (χ0v) is 16.2. The van der Waals surface area contributed by atoms with Gasteiger partial charge in [0.05, 0.1) is 12.4 Å². The Labute approximate surface area is 166 Å². The fraction of sp³-hybridized carbons (Fsp3) is 0.389. The smallest absolute Gasteiger partial charge is 0.230 e.